The van der Waals surface area contributed by atoms with E-state index in [4.69, 9.17) is 5.11 Å². The first-order valence-corrected chi connectivity index (χ1v) is 7.39. The van der Waals surface area contributed by atoms with E-state index in [0.29, 0.717) is 17.9 Å². The number of hydrogen-bond acceptors (Lipinski definition) is 5. The highest BCUT2D eigenvalue weighted by molar-refractivity contribution is 7.15. The number of hydrogen-bond donors (Lipinski definition) is 2. The van der Waals surface area contributed by atoms with Gasteiger partial charge in [0.15, 0.2) is 4.96 Å². The van der Waals surface area contributed by atoms with Crippen LogP contribution in [0.2, 0.25) is 0 Å². The molecule has 20 heavy (non-hydrogen) atoms. The molecular formula is C13H17N3O3S. The molecule has 0 fully saturated rings. The average molecular weight is 295 g/mol. The van der Waals surface area contributed by atoms with Crippen LogP contribution in [0.15, 0.2) is 22.6 Å². The maximum atomic E-state index is 12.1. The molecule has 7 heteroatoms. The third kappa shape index (κ3) is 3.05. The summed E-state index contributed by atoms with van der Waals surface area (Å²) in [7, 11) is 0. The molecule has 0 spiro atoms. The Morgan fingerprint density at radius 1 is 1.60 bits per heavy atom. The van der Waals surface area contributed by atoms with Crippen molar-refractivity contribution < 1.29 is 9.90 Å². The molecule has 0 bridgehead atoms. The summed E-state index contributed by atoms with van der Waals surface area (Å²) in [4.78, 5) is 28.8. The van der Waals surface area contributed by atoms with E-state index in [9.17, 15) is 9.59 Å². The number of carbonyl (C=O) groups is 1. The van der Waals surface area contributed by atoms with Crippen LogP contribution in [-0.4, -0.2) is 33.6 Å². The van der Waals surface area contributed by atoms with Gasteiger partial charge in [-0.2, -0.15) is 0 Å². The second-order valence-electron chi connectivity index (χ2n) is 4.53. The fraction of sp³-hybridized carbons (Fsp3) is 0.462. The van der Waals surface area contributed by atoms with Crippen molar-refractivity contribution in [2.24, 2.45) is 5.92 Å². The van der Waals surface area contributed by atoms with Crippen molar-refractivity contribution in [1.82, 2.24) is 14.7 Å². The SMILES string of the molecule is CCC(CCO)CNC(=O)c1cnc2sccn2c1=O. The summed E-state index contributed by atoms with van der Waals surface area (Å²) < 4.78 is 1.37. The Morgan fingerprint density at radius 3 is 3.10 bits per heavy atom. The van der Waals surface area contributed by atoms with Gasteiger partial charge in [-0.25, -0.2) is 4.98 Å². The van der Waals surface area contributed by atoms with Crippen molar-refractivity contribution >= 4 is 22.2 Å². The molecule has 2 aromatic heterocycles. The van der Waals surface area contributed by atoms with Gasteiger partial charge in [0.25, 0.3) is 11.5 Å². The van der Waals surface area contributed by atoms with Crippen LogP contribution in [0, 0.1) is 5.92 Å². The first kappa shape index (κ1) is 14.7. The number of nitrogens with zero attached hydrogens (tertiary/aromatic N) is 2. The lowest BCUT2D eigenvalue weighted by atomic mass is 10.0. The van der Waals surface area contributed by atoms with Crippen LogP contribution < -0.4 is 10.9 Å². The second kappa shape index (κ2) is 6.62. The van der Waals surface area contributed by atoms with Gasteiger partial charge in [0.2, 0.25) is 0 Å². The zero-order valence-electron chi connectivity index (χ0n) is 11.2. The van der Waals surface area contributed by atoms with Gasteiger partial charge in [0, 0.05) is 30.9 Å². The molecule has 1 amide bonds. The molecule has 0 aliphatic carbocycles. The fourth-order valence-corrected chi connectivity index (χ4v) is 2.62. The van der Waals surface area contributed by atoms with Crippen molar-refractivity contribution in [3.63, 3.8) is 0 Å². The van der Waals surface area contributed by atoms with Crippen LogP contribution in [0.5, 0.6) is 0 Å². The van der Waals surface area contributed by atoms with E-state index in [1.807, 2.05) is 6.92 Å². The molecule has 0 aliphatic heterocycles. The van der Waals surface area contributed by atoms with Crippen LogP contribution in [0.3, 0.4) is 0 Å². The summed E-state index contributed by atoms with van der Waals surface area (Å²) in [6.07, 6.45) is 4.42. The lowest BCUT2D eigenvalue weighted by molar-refractivity contribution is 0.0941. The van der Waals surface area contributed by atoms with E-state index in [2.05, 4.69) is 10.3 Å². The maximum Gasteiger partial charge on any atom is 0.271 e. The van der Waals surface area contributed by atoms with Crippen LogP contribution in [0.1, 0.15) is 30.1 Å². The molecule has 1 atom stereocenters. The quantitative estimate of drug-likeness (QED) is 0.829. The molecule has 2 rings (SSSR count). The smallest absolute Gasteiger partial charge is 0.271 e. The molecular weight excluding hydrogens is 278 g/mol. The summed E-state index contributed by atoms with van der Waals surface area (Å²) in [6.45, 7) is 2.54. The first-order valence-electron chi connectivity index (χ1n) is 6.51. The van der Waals surface area contributed by atoms with Gasteiger partial charge in [0.05, 0.1) is 0 Å². The monoisotopic (exact) mass is 295 g/mol. The van der Waals surface area contributed by atoms with Crippen molar-refractivity contribution in [3.8, 4) is 0 Å². The van der Waals surface area contributed by atoms with Gasteiger partial charge >= 0.3 is 0 Å². The van der Waals surface area contributed by atoms with Crippen LogP contribution in [0.25, 0.3) is 4.96 Å². The van der Waals surface area contributed by atoms with E-state index < -0.39 is 5.91 Å². The molecule has 2 N–H and O–H groups in total. The molecule has 0 saturated heterocycles. The average Bonchev–Trinajstić information content (AvgIpc) is 2.93. The minimum absolute atomic E-state index is 0.0414. The first-order chi connectivity index (χ1) is 9.67. The third-order valence-corrected chi connectivity index (χ3v) is 4.02. The summed E-state index contributed by atoms with van der Waals surface area (Å²) in [6, 6.07) is 0. The highest BCUT2D eigenvalue weighted by Crippen LogP contribution is 2.07. The van der Waals surface area contributed by atoms with E-state index in [1.54, 1.807) is 11.6 Å². The molecule has 1 unspecified atom stereocenters. The number of rotatable bonds is 6. The van der Waals surface area contributed by atoms with E-state index in [0.717, 1.165) is 6.42 Å². The molecule has 108 valence electrons. The van der Waals surface area contributed by atoms with Crippen LogP contribution in [-0.2, 0) is 0 Å². The third-order valence-electron chi connectivity index (χ3n) is 3.25. The predicted octanol–water partition coefficient (Wildman–Crippen LogP) is 0.894. The largest absolute Gasteiger partial charge is 0.396 e. The Kier molecular flexibility index (Phi) is 4.86. The standard InChI is InChI=1S/C13H17N3O3S/c1-2-9(3-5-17)7-14-11(18)10-8-15-13-16(12(10)19)4-6-20-13/h4,6,8-9,17H,2-3,5,7H2,1H3,(H,14,18). The van der Waals surface area contributed by atoms with Gasteiger partial charge in [-0.1, -0.05) is 13.3 Å². The normalized spacial score (nSPS) is 12.5. The molecule has 6 nitrogen and oxygen atoms in total. The maximum absolute atomic E-state index is 12.1. The summed E-state index contributed by atoms with van der Waals surface area (Å²) in [5.74, 6) is -0.205. The fourth-order valence-electron chi connectivity index (χ4n) is 1.95. The van der Waals surface area contributed by atoms with Crippen LogP contribution in [0.4, 0.5) is 0 Å². The minimum Gasteiger partial charge on any atom is -0.396 e. The predicted molar refractivity (Wildman–Crippen MR) is 77.2 cm³/mol. The van der Waals surface area contributed by atoms with E-state index in [1.165, 1.54) is 21.9 Å². The summed E-state index contributed by atoms with van der Waals surface area (Å²) >= 11 is 1.34. The molecule has 2 aromatic rings. The number of amides is 1. The number of fused-ring (bicyclic) bond motifs is 1. The molecule has 0 radical (unpaired) electrons. The topological polar surface area (TPSA) is 83.7 Å². The van der Waals surface area contributed by atoms with Gasteiger partial charge in [-0.3, -0.25) is 14.0 Å². The Morgan fingerprint density at radius 2 is 2.40 bits per heavy atom. The molecule has 0 aliphatic rings. The number of aromatic nitrogens is 2. The lowest BCUT2D eigenvalue weighted by Gasteiger charge is -2.13. The van der Waals surface area contributed by atoms with Gasteiger partial charge in [0.1, 0.15) is 5.56 Å². The van der Waals surface area contributed by atoms with Crippen molar-refractivity contribution in [2.75, 3.05) is 13.2 Å². The summed E-state index contributed by atoms with van der Waals surface area (Å²) in [5.41, 5.74) is -0.316. The number of aliphatic hydroxyl groups excluding tert-OH is 1. The molecule has 2 heterocycles. The lowest BCUT2D eigenvalue weighted by Crippen LogP contribution is -2.34. The van der Waals surface area contributed by atoms with Crippen molar-refractivity contribution in [2.45, 2.75) is 19.8 Å². The number of thiazole rings is 1. The van der Waals surface area contributed by atoms with Gasteiger partial charge in [-0.05, 0) is 12.3 Å². The van der Waals surface area contributed by atoms with Crippen molar-refractivity contribution in [3.05, 3.63) is 33.7 Å². The van der Waals surface area contributed by atoms with Gasteiger partial charge in [-0.15, -0.1) is 11.3 Å². The van der Waals surface area contributed by atoms with E-state index >= 15 is 0 Å². The summed E-state index contributed by atoms with van der Waals surface area (Å²) in [5, 5.41) is 13.4. The zero-order valence-corrected chi connectivity index (χ0v) is 12.0. The van der Waals surface area contributed by atoms with E-state index in [-0.39, 0.29) is 23.6 Å². The van der Waals surface area contributed by atoms with Gasteiger partial charge < -0.3 is 10.4 Å². The Balaban J connectivity index is 2.11. The number of nitrogens with one attached hydrogen (secondary N) is 1. The Hall–Kier alpha value is -1.73. The highest BCUT2D eigenvalue weighted by Gasteiger charge is 2.15. The second-order valence-corrected chi connectivity index (χ2v) is 5.40. The molecule has 0 aromatic carbocycles. The Labute approximate surface area is 120 Å². The minimum atomic E-state index is -0.417. The van der Waals surface area contributed by atoms with Crippen LogP contribution >= 0.6 is 11.3 Å². The number of aliphatic hydroxyl groups is 1. The number of carbonyl (C=O) groups excluding carboxylic acids is 1. The van der Waals surface area contributed by atoms with Crippen molar-refractivity contribution in [1.29, 1.82) is 0 Å². The highest BCUT2D eigenvalue weighted by atomic mass is 32.1. The molecule has 0 saturated carbocycles. The zero-order chi connectivity index (χ0) is 14.5. The Bertz CT molecular complexity index is 650.